The lowest BCUT2D eigenvalue weighted by Crippen LogP contribution is -2.28. The fraction of sp³-hybridized carbons (Fsp3) is 0.333. The molecule has 2 aromatic rings. The molecule has 1 fully saturated rings. The summed E-state index contributed by atoms with van der Waals surface area (Å²) in [5, 5.41) is 13.6. The van der Waals surface area contributed by atoms with Crippen molar-refractivity contribution in [2.45, 2.75) is 26.3 Å². The number of carbonyl (C=O) groups excluding carboxylic acids is 2. The minimum Gasteiger partial charge on any atom is -0.347 e. The van der Waals surface area contributed by atoms with Crippen LogP contribution in [0.15, 0.2) is 30.3 Å². The van der Waals surface area contributed by atoms with Gasteiger partial charge in [-0.05, 0) is 37.5 Å². The molecule has 0 unspecified atom stereocenters. The normalized spacial score (nSPS) is 13.7. The molecule has 26 heavy (non-hydrogen) atoms. The summed E-state index contributed by atoms with van der Waals surface area (Å²) in [7, 11) is 0. The van der Waals surface area contributed by atoms with Gasteiger partial charge < -0.3 is 10.2 Å². The quantitative estimate of drug-likeness (QED) is 0.644. The second-order valence-electron chi connectivity index (χ2n) is 6.19. The molecule has 1 N–H and O–H groups in total. The van der Waals surface area contributed by atoms with E-state index in [1.807, 2.05) is 11.0 Å². The highest BCUT2D eigenvalue weighted by molar-refractivity contribution is 7.14. The van der Waals surface area contributed by atoms with Crippen LogP contribution >= 0.6 is 11.3 Å². The van der Waals surface area contributed by atoms with E-state index in [0.29, 0.717) is 15.3 Å². The van der Waals surface area contributed by atoms with E-state index < -0.39 is 4.92 Å². The maximum atomic E-state index is 12.4. The van der Waals surface area contributed by atoms with Crippen LogP contribution in [0.25, 0.3) is 0 Å². The topological polar surface area (TPSA) is 92.6 Å². The van der Waals surface area contributed by atoms with Crippen molar-refractivity contribution in [1.29, 1.82) is 0 Å². The van der Waals surface area contributed by atoms with Crippen molar-refractivity contribution in [2.24, 2.45) is 0 Å². The number of thiophene rings is 1. The number of amides is 2. The molecule has 0 radical (unpaired) electrons. The van der Waals surface area contributed by atoms with Gasteiger partial charge in [-0.15, -0.1) is 11.3 Å². The number of rotatable bonds is 5. The second kappa shape index (κ2) is 7.65. The van der Waals surface area contributed by atoms with E-state index >= 15 is 0 Å². The predicted octanol–water partition coefficient (Wildman–Crippen LogP) is 3.13. The summed E-state index contributed by atoms with van der Waals surface area (Å²) in [6.45, 7) is 3.45. The van der Waals surface area contributed by atoms with E-state index in [1.165, 1.54) is 6.07 Å². The molecule has 3 rings (SSSR count). The Morgan fingerprint density at radius 3 is 2.65 bits per heavy atom. The Kier molecular flexibility index (Phi) is 5.32. The van der Waals surface area contributed by atoms with Crippen LogP contribution in [0, 0.1) is 17.0 Å². The molecule has 1 aromatic heterocycles. The monoisotopic (exact) mass is 373 g/mol. The number of aryl methyl sites for hydroxylation is 1. The van der Waals surface area contributed by atoms with Gasteiger partial charge in [0.1, 0.15) is 0 Å². The maximum absolute atomic E-state index is 12.4. The number of benzene rings is 1. The highest BCUT2D eigenvalue weighted by Crippen LogP contribution is 2.28. The molecule has 0 saturated carbocycles. The summed E-state index contributed by atoms with van der Waals surface area (Å²) in [6.07, 6.45) is 2.07. The smallest absolute Gasteiger partial charge is 0.283 e. The zero-order chi connectivity index (χ0) is 18.7. The van der Waals surface area contributed by atoms with Gasteiger partial charge in [-0.1, -0.05) is 12.1 Å². The van der Waals surface area contributed by atoms with Gasteiger partial charge in [0.2, 0.25) is 0 Å². The lowest BCUT2D eigenvalue weighted by atomic mass is 10.1. The average Bonchev–Trinajstić information content (AvgIpc) is 3.29. The molecule has 2 amide bonds. The molecule has 136 valence electrons. The van der Waals surface area contributed by atoms with Crippen molar-refractivity contribution in [3.05, 3.63) is 61.3 Å². The fourth-order valence-electron chi connectivity index (χ4n) is 2.95. The van der Waals surface area contributed by atoms with Crippen LogP contribution in [0.2, 0.25) is 0 Å². The van der Waals surface area contributed by atoms with E-state index in [0.717, 1.165) is 42.8 Å². The summed E-state index contributed by atoms with van der Waals surface area (Å²) >= 11 is 1.10. The van der Waals surface area contributed by atoms with Crippen molar-refractivity contribution in [3.8, 4) is 0 Å². The van der Waals surface area contributed by atoms with Crippen molar-refractivity contribution in [3.63, 3.8) is 0 Å². The molecule has 8 heteroatoms. The molecule has 1 aliphatic heterocycles. The minimum absolute atomic E-state index is 0.0141. The molecule has 1 aromatic carbocycles. The molecular formula is C18H19N3O4S. The van der Waals surface area contributed by atoms with Crippen LogP contribution in [-0.4, -0.2) is 34.7 Å². The van der Waals surface area contributed by atoms with Crippen molar-refractivity contribution >= 4 is 28.8 Å². The van der Waals surface area contributed by atoms with Crippen LogP contribution in [0.1, 0.15) is 43.3 Å². The van der Waals surface area contributed by atoms with Crippen LogP contribution < -0.4 is 5.32 Å². The van der Waals surface area contributed by atoms with E-state index in [4.69, 9.17) is 0 Å². The lowest BCUT2D eigenvalue weighted by Gasteiger charge is -2.15. The summed E-state index contributed by atoms with van der Waals surface area (Å²) in [4.78, 5) is 37.7. The van der Waals surface area contributed by atoms with E-state index in [1.54, 1.807) is 25.1 Å². The summed E-state index contributed by atoms with van der Waals surface area (Å²) in [5.74, 6) is -0.345. The Morgan fingerprint density at radius 2 is 2.00 bits per heavy atom. The summed E-state index contributed by atoms with van der Waals surface area (Å²) in [6, 6.07) is 8.48. The van der Waals surface area contributed by atoms with Crippen LogP contribution in [-0.2, 0) is 6.54 Å². The molecule has 0 bridgehead atoms. The number of nitrogens with zero attached hydrogens (tertiary/aromatic N) is 2. The van der Waals surface area contributed by atoms with Crippen molar-refractivity contribution in [2.75, 3.05) is 13.1 Å². The summed E-state index contributed by atoms with van der Waals surface area (Å²) in [5.41, 5.74) is 1.38. The molecule has 2 heterocycles. The van der Waals surface area contributed by atoms with E-state index in [9.17, 15) is 19.7 Å². The van der Waals surface area contributed by atoms with Gasteiger partial charge in [-0.25, -0.2) is 0 Å². The Bertz CT molecular complexity index is 856. The van der Waals surface area contributed by atoms with Gasteiger partial charge >= 0.3 is 0 Å². The van der Waals surface area contributed by atoms with Gasteiger partial charge in [0.25, 0.3) is 17.5 Å². The highest BCUT2D eigenvalue weighted by Gasteiger charge is 2.21. The Balaban J connectivity index is 1.65. The first-order valence-corrected chi connectivity index (χ1v) is 9.18. The third-order valence-corrected chi connectivity index (χ3v) is 5.37. The van der Waals surface area contributed by atoms with Gasteiger partial charge in [0, 0.05) is 31.3 Å². The Morgan fingerprint density at radius 1 is 1.27 bits per heavy atom. The molecule has 1 aliphatic rings. The number of hydrogen-bond donors (Lipinski definition) is 1. The molecule has 0 spiro atoms. The number of carbonyl (C=O) groups is 2. The first-order chi connectivity index (χ1) is 12.5. The SMILES string of the molecule is Cc1sc(C(=O)NCc2cccc(C(=O)N3CCCC3)c2)cc1[N+](=O)[O-]. The Labute approximate surface area is 154 Å². The van der Waals surface area contributed by atoms with Crippen LogP contribution in [0.4, 0.5) is 5.69 Å². The molecule has 7 nitrogen and oxygen atoms in total. The van der Waals surface area contributed by atoms with Gasteiger partial charge in [0.15, 0.2) is 0 Å². The van der Waals surface area contributed by atoms with Crippen LogP contribution in [0.3, 0.4) is 0 Å². The molecule has 1 saturated heterocycles. The third-order valence-electron chi connectivity index (χ3n) is 4.33. The third kappa shape index (κ3) is 3.91. The predicted molar refractivity (Wildman–Crippen MR) is 98.5 cm³/mol. The lowest BCUT2D eigenvalue weighted by molar-refractivity contribution is -0.385. The highest BCUT2D eigenvalue weighted by atomic mass is 32.1. The van der Waals surface area contributed by atoms with Gasteiger partial charge in [-0.2, -0.15) is 0 Å². The zero-order valence-electron chi connectivity index (χ0n) is 14.4. The first kappa shape index (κ1) is 18.1. The fourth-order valence-corrected chi connectivity index (χ4v) is 3.86. The minimum atomic E-state index is -0.490. The van der Waals surface area contributed by atoms with E-state index in [-0.39, 0.29) is 24.0 Å². The standard InChI is InChI=1S/C18H19N3O4S/c1-12-15(21(24)25)10-16(26-12)17(22)19-11-13-5-4-6-14(9-13)18(23)20-7-2-3-8-20/h4-6,9-10H,2-3,7-8,11H2,1H3,(H,19,22). The molecular weight excluding hydrogens is 354 g/mol. The van der Waals surface area contributed by atoms with Crippen LogP contribution in [0.5, 0.6) is 0 Å². The number of nitro groups is 1. The van der Waals surface area contributed by atoms with E-state index in [2.05, 4.69) is 5.32 Å². The largest absolute Gasteiger partial charge is 0.347 e. The van der Waals surface area contributed by atoms with Gasteiger partial charge in [0.05, 0.1) is 14.7 Å². The number of hydrogen-bond acceptors (Lipinski definition) is 5. The van der Waals surface area contributed by atoms with Gasteiger partial charge in [-0.3, -0.25) is 19.7 Å². The molecule has 0 atom stereocenters. The van der Waals surface area contributed by atoms with Crippen molar-refractivity contribution < 1.29 is 14.5 Å². The second-order valence-corrected chi connectivity index (χ2v) is 7.45. The number of nitrogens with one attached hydrogen (secondary N) is 1. The van der Waals surface area contributed by atoms with Crippen molar-refractivity contribution in [1.82, 2.24) is 10.2 Å². The number of likely N-dealkylation sites (tertiary alicyclic amines) is 1. The summed E-state index contributed by atoms with van der Waals surface area (Å²) < 4.78 is 0. The maximum Gasteiger partial charge on any atom is 0.283 e. The molecule has 0 aliphatic carbocycles. The zero-order valence-corrected chi connectivity index (χ0v) is 15.2. The average molecular weight is 373 g/mol. The first-order valence-electron chi connectivity index (χ1n) is 8.37. The Hall–Kier alpha value is -2.74.